The van der Waals surface area contributed by atoms with Gasteiger partial charge in [-0.3, -0.25) is 0 Å². The lowest BCUT2D eigenvalue weighted by Crippen LogP contribution is -2.26. The Hall–Kier alpha value is -1.42. The second-order valence-corrected chi connectivity index (χ2v) is 4.86. The zero-order chi connectivity index (χ0) is 12.9. The van der Waals surface area contributed by atoms with Crippen molar-refractivity contribution in [1.29, 1.82) is 0 Å². The topological polar surface area (TPSA) is 67.5 Å². The number of benzene rings is 1. The van der Waals surface area contributed by atoms with Gasteiger partial charge in [-0.05, 0) is 19.1 Å². The van der Waals surface area contributed by atoms with Crippen LogP contribution in [0.2, 0.25) is 0 Å². The minimum absolute atomic E-state index is 0.146. The molecule has 0 bridgehead atoms. The number of rotatable bonds is 6. The van der Waals surface area contributed by atoms with Crippen LogP contribution in [0.4, 0.5) is 11.4 Å². The van der Waals surface area contributed by atoms with Crippen LogP contribution < -0.4 is 15.8 Å². The smallest absolute Gasteiger partial charge is 0.144 e. The third-order valence-corrected chi connectivity index (χ3v) is 2.51. The van der Waals surface area contributed by atoms with Gasteiger partial charge in [-0.25, -0.2) is 0 Å². The van der Waals surface area contributed by atoms with Gasteiger partial charge in [-0.15, -0.1) is 0 Å². The zero-order valence-electron chi connectivity index (χ0n) is 10.8. The molecule has 0 saturated carbocycles. The number of nitrogens with one attached hydrogen (secondary N) is 1. The molecule has 1 aromatic carbocycles. The molecule has 4 heteroatoms. The molecule has 1 rings (SSSR count). The SMILES string of the molecule is CCOc1cc(NCC(C)(C)CO)ccc1N. The molecule has 0 aliphatic rings. The molecule has 0 amide bonds. The van der Waals surface area contributed by atoms with E-state index in [0.717, 1.165) is 5.69 Å². The highest BCUT2D eigenvalue weighted by Crippen LogP contribution is 2.26. The molecule has 1 aromatic rings. The zero-order valence-corrected chi connectivity index (χ0v) is 10.8. The molecule has 96 valence electrons. The van der Waals surface area contributed by atoms with E-state index in [-0.39, 0.29) is 12.0 Å². The molecule has 0 fully saturated rings. The van der Waals surface area contributed by atoms with Gasteiger partial charge in [0.1, 0.15) is 5.75 Å². The molecule has 0 saturated heterocycles. The average Bonchev–Trinajstić information content (AvgIpc) is 2.31. The van der Waals surface area contributed by atoms with Gasteiger partial charge in [0.2, 0.25) is 0 Å². The highest BCUT2D eigenvalue weighted by atomic mass is 16.5. The monoisotopic (exact) mass is 238 g/mol. The summed E-state index contributed by atoms with van der Waals surface area (Å²) in [5, 5.41) is 12.4. The number of aliphatic hydroxyl groups is 1. The van der Waals surface area contributed by atoms with Crippen molar-refractivity contribution in [2.45, 2.75) is 20.8 Å². The summed E-state index contributed by atoms with van der Waals surface area (Å²) in [6.45, 7) is 7.36. The first-order valence-corrected chi connectivity index (χ1v) is 5.85. The molecule has 0 heterocycles. The number of hydrogen-bond acceptors (Lipinski definition) is 4. The minimum Gasteiger partial charge on any atom is -0.492 e. The number of nitrogens with two attached hydrogens (primary N) is 1. The van der Waals surface area contributed by atoms with E-state index >= 15 is 0 Å². The largest absolute Gasteiger partial charge is 0.492 e. The van der Waals surface area contributed by atoms with Crippen molar-refractivity contribution in [2.24, 2.45) is 5.41 Å². The summed E-state index contributed by atoms with van der Waals surface area (Å²) in [6, 6.07) is 5.61. The van der Waals surface area contributed by atoms with Crippen molar-refractivity contribution in [3.8, 4) is 5.75 Å². The van der Waals surface area contributed by atoms with E-state index in [1.54, 1.807) is 0 Å². The van der Waals surface area contributed by atoms with Crippen LogP contribution in [-0.2, 0) is 0 Å². The molecule has 0 aliphatic carbocycles. The fourth-order valence-corrected chi connectivity index (χ4v) is 1.32. The summed E-state index contributed by atoms with van der Waals surface area (Å²) < 4.78 is 5.42. The fraction of sp³-hybridized carbons (Fsp3) is 0.538. The lowest BCUT2D eigenvalue weighted by molar-refractivity contribution is 0.171. The highest BCUT2D eigenvalue weighted by Gasteiger charge is 2.16. The van der Waals surface area contributed by atoms with Crippen LogP contribution in [-0.4, -0.2) is 24.9 Å². The Morgan fingerprint density at radius 1 is 1.41 bits per heavy atom. The molecule has 0 atom stereocenters. The van der Waals surface area contributed by atoms with Crippen LogP contribution in [0.15, 0.2) is 18.2 Å². The van der Waals surface area contributed by atoms with Crippen LogP contribution >= 0.6 is 0 Å². The van der Waals surface area contributed by atoms with Crippen molar-refractivity contribution < 1.29 is 9.84 Å². The number of nitrogen functional groups attached to an aromatic ring is 1. The maximum atomic E-state index is 9.17. The number of aliphatic hydroxyl groups excluding tert-OH is 1. The summed E-state index contributed by atoms with van der Waals surface area (Å²) in [5.41, 5.74) is 7.23. The van der Waals surface area contributed by atoms with Crippen molar-refractivity contribution in [1.82, 2.24) is 0 Å². The fourth-order valence-electron chi connectivity index (χ4n) is 1.32. The van der Waals surface area contributed by atoms with E-state index in [2.05, 4.69) is 5.32 Å². The summed E-state index contributed by atoms with van der Waals surface area (Å²) in [4.78, 5) is 0. The van der Waals surface area contributed by atoms with Crippen LogP contribution in [0, 0.1) is 5.41 Å². The minimum atomic E-state index is -0.146. The summed E-state index contributed by atoms with van der Waals surface area (Å²) >= 11 is 0. The molecular weight excluding hydrogens is 216 g/mol. The van der Waals surface area contributed by atoms with Crippen molar-refractivity contribution >= 4 is 11.4 Å². The predicted molar refractivity (Wildman–Crippen MR) is 71.4 cm³/mol. The Kier molecular flexibility index (Phi) is 4.63. The standard InChI is InChI=1S/C13H22N2O2/c1-4-17-12-7-10(5-6-11(12)14)15-8-13(2,3)9-16/h5-7,15-16H,4,8-9,14H2,1-3H3. The van der Waals surface area contributed by atoms with Gasteiger partial charge in [0.05, 0.1) is 12.3 Å². The second kappa shape index (κ2) is 5.77. The lowest BCUT2D eigenvalue weighted by atomic mass is 9.95. The summed E-state index contributed by atoms with van der Waals surface area (Å²) in [6.07, 6.45) is 0. The molecule has 0 radical (unpaired) electrons. The molecule has 4 nitrogen and oxygen atoms in total. The van der Waals surface area contributed by atoms with Crippen molar-refractivity contribution in [3.63, 3.8) is 0 Å². The summed E-state index contributed by atoms with van der Waals surface area (Å²) in [7, 11) is 0. The van der Waals surface area contributed by atoms with E-state index in [4.69, 9.17) is 10.5 Å². The van der Waals surface area contributed by atoms with Crippen LogP contribution in [0.5, 0.6) is 5.75 Å². The third-order valence-electron chi connectivity index (χ3n) is 2.51. The highest BCUT2D eigenvalue weighted by molar-refractivity contribution is 5.61. The molecule has 0 aromatic heterocycles. The first-order valence-electron chi connectivity index (χ1n) is 5.85. The Morgan fingerprint density at radius 2 is 2.12 bits per heavy atom. The summed E-state index contributed by atoms with van der Waals surface area (Å²) in [5.74, 6) is 0.694. The Labute approximate surface area is 103 Å². The molecule has 0 spiro atoms. The van der Waals surface area contributed by atoms with E-state index in [1.807, 2.05) is 39.0 Å². The van der Waals surface area contributed by atoms with Gasteiger partial charge in [0, 0.05) is 30.3 Å². The van der Waals surface area contributed by atoms with Crippen LogP contribution in [0.1, 0.15) is 20.8 Å². The van der Waals surface area contributed by atoms with E-state index < -0.39 is 0 Å². The third kappa shape index (κ3) is 4.15. The van der Waals surface area contributed by atoms with Crippen LogP contribution in [0.25, 0.3) is 0 Å². The molecular formula is C13H22N2O2. The van der Waals surface area contributed by atoms with Gasteiger partial charge < -0.3 is 20.9 Å². The Balaban J connectivity index is 2.69. The molecule has 0 aliphatic heterocycles. The van der Waals surface area contributed by atoms with E-state index in [9.17, 15) is 5.11 Å². The lowest BCUT2D eigenvalue weighted by Gasteiger charge is -2.22. The molecule has 17 heavy (non-hydrogen) atoms. The molecule has 4 N–H and O–H groups in total. The number of hydrogen-bond donors (Lipinski definition) is 3. The van der Waals surface area contributed by atoms with E-state index in [1.165, 1.54) is 0 Å². The quantitative estimate of drug-likeness (QED) is 0.664. The maximum Gasteiger partial charge on any atom is 0.144 e. The van der Waals surface area contributed by atoms with E-state index in [0.29, 0.717) is 24.6 Å². The Bertz CT molecular complexity index is 364. The van der Waals surface area contributed by atoms with Gasteiger partial charge in [-0.1, -0.05) is 13.8 Å². The van der Waals surface area contributed by atoms with Gasteiger partial charge in [0.15, 0.2) is 0 Å². The second-order valence-electron chi connectivity index (χ2n) is 4.86. The van der Waals surface area contributed by atoms with Crippen molar-refractivity contribution in [3.05, 3.63) is 18.2 Å². The molecule has 0 unspecified atom stereocenters. The normalized spacial score (nSPS) is 11.3. The predicted octanol–water partition coefficient (Wildman–Crippen LogP) is 2.10. The first kappa shape index (κ1) is 13.6. The maximum absolute atomic E-state index is 9.17. The first-order chi connectivity index (χ1) is 7.98. The van der Waals surface area contributed by atoms with Gasteiger partial charge in [0.25, 0.3) is 0 Å². The number of anilines is 2. The van der Waals surface area contributed by atoms with Gasteiger partial charge >= 0.3 is 0 Å². The van der Waals surface area contributed by atoms with Crippen molar-refractivity contribution in [2.75, 3.05) is 30.8 Å². The average molecular weight is 238 g/mol. The van der Waals surface area contributed by atoms with Gasteiger partial charge in [-0.2, -0.15) is 0 Å². The van der Waals surface area contributed by atoms with Crippen LogP contribution in [0.3, 0.4) is 0 Å². The Morgan fingerprint density at radius 3 is 2.71 bits per heavy atom. The number of ether oxygens (including phenoxy) is 1.